The van der Waals surface area contributed by atoms with E-state index >= 15 is 0 Å². The van der Waals surface area contributed by atoms with Crippen LogP contribution < -0.4 is 9.64 Å². The van der Waals surface area contributed by atoms with Crippen molar-refractivity contribution in [1.82, 2.24) is 9.97 Å². The van der Waals surface area contributed by atoms with Gasteiger partial charge >= 0.3 is 0 Å². The van der Waals surface area contributed by atoms with Crippen molar-refractivity contribution in [2.75, 3.05) is 18.1 Å². The summed E-state index contributed by atoms with van der Waals surface area (Å²) < 4.78 is 5.78. The van der Waals surface area contributed by atoms with E-state index in [4.69, 9.17) is 21.3 Å². The van der Waals surface area contributed by atoms with Crippen LogP contribution in [0.15, 0.2) is 18.2 Å². The largest absolute Gasteiger partial charge is 0.473 e. The fourth-order valence-electron chi connectivity index (χ4n) is 2.91. The Morgan fingerprint density at radius 1 is 1.21 bits per heavy atom. The highest BCUT2D eigenvalue weighted by molar-refractivity contribution is 6.31. The first kappa shape index (κ1) is 11.3. The maximum atomic E-state index is 6.03. The molecular formula is C14H14ClN3O. The predicted octanol–water partition coefficient (Wildman–Crippen LogP) is 3.03. The Morgan fingerprint density at radius 2 is 2.16 bits per heavy atom. The molecule has 2 aliphatic heterocycles. The first-order valence-corrected chi connectivity index (χ1v) is 7.06. The number of ether oxygens (including phenoxy) is 1. The van der Waals surface area contributed by atoms with E-state index in [1.54, 1.807) is 0 Å². The van der Waals surface area contributed by atoms with Crippen LogP contribution in [0.4, 0.5) is 5.82 Å². The molecule has 0 aliphatic carbocycles. The molecule has 5 heteroatoms. The molecule has 3 heterocycles. The van der Waals surface area contributed by atoms with Crippen LogP contribution in [0, 0.1) is 0 Å². The molecule has 0 spiro atoms. The van der Waals surface area contributed by atoms with Crippen molar-refractivity contribution in [2.45, 2.75) is 25.3 Å². The van der Waals surface area contributed by atoms with Gasteiger partial charge in [-0.05, 0) is 37.5 Å². The average molecular weight is 276 g/mol. The Kier molecular flexibility index (Phi) is 2.52. The van der Waals surface area contributed by atoms with Gasteiger partial charge in [-0.25, -0.2) is 9.97 Å². The lowest BCUT2D eigenvalue weighted by Gasteiger charge is -2.40. The summed E-state index contributed by atoms with van der Waals surface area (Å²) in [5, 5.41) is 0.689. The smallest absolute Gasteiger partial charge is 0.258 e. The molecule has 1 fully saturated rings. The third-order valence-electron chi connectivity index (χ3n) is 3.89. The fraction of sp³-hybridized carbons (Fsp3) is 0.429. The van der Waals surface area contributed by atoms with Crippen LogP contribution in [0.3, 0.4) is 0 Å². The summed E-state index contributed by atoms with van der Waals surface area (Å²) in [5.74, 6) is 1.54. The van der Waals surface area contributed by atoms with Crippen LogP contribution in [0.1, 0.15) is 19.3 Å². The summed E-state index contributed by atoms with van der Waals surface area (Å²) >= 11 is 6.03. The molecule has 19 heavy (non-hydrogen) atoms. The molecule has 2 aliphatic rings. The number of hydrogen-bond donors (Lipinski definition) is 0. The second-order valence-corrected chi connectivity index (χ2v) is 5.58. The second kappa shape index (κ2) is 4.23. The van der Waals surface area contributed by atoms with Crippen molar-refractivity contribution >= 4 is 28.5 Å². The standard InChI is InChI=1S/C14H14ClN3O/c15-9-4-5-11-12(7-9)16-13-14(17-11)19-8-10-3-1-2-6-18(10)13/h4-5,7,10H,1-3,6,8H2. The second-order valence-electron chi connectivity index (χ2n) is 5.14. The maximum absolute atomic E-state index is 6.03. The number of anilines is 1. The Labute approximate surface area is 116 Å². The summed E-state index contributed by atoms with van der Waals surface area (Å²) in [7, 11) is 0. The summed E-state index contributed by atoms with van der Waals surface area (Å²) in [4.78, 5) is 11.6. The Balaban J connectivity index is 1.87. The van der Waals surface area contributed by atoms with E-state index < -0.39 is 0 Å². The Bertz CT molecular complexity index is 646. The molecular weight excluding hydrogens is 262 g/mol. The molecule has 98 valence electrons. The van der Waals surface area contributed by atoms with E-state index in [1.165, 1.54) is 19.3 Å². The molecule has 2 aromatic rings. The van der Waals surface area contributed by atoms with Gasteiger partial charge in [0.25, 0.3) is 5.88 Å². The number of rotatable bonds is 0. The van der Waals surface area contributed by atoms with Gasteiger partial charge in [-0.2, -0.15) is 0 Å². The number of hydrogen-bond acceptors (Lipinski definition) is 4. The molecule has 1 atom stereocenters. The predicted molar refractivity (Wildman–Crippen MR) is 75.0 cm³/mol. The van der Waals surface area contributed by atoms with Crippen LogP contribution in [0.2, 0.25) is 5.02 Å². The van der Waals surface area contributed by atoms with Crippen LogP contribution in [0.25, 0.3) is 11.0 Å². The minimum Gasteiger partial charge on any atom is -0.473 e. The zero-order valence-electron chi connectivity index (χ0n) is 10.5. The molecule has 1 saturated heterocycles. The van der Waals surface area contributed by atoms with E-state index in [9.17, 15) is 0 Å². The van der Waals surface area contributed by atoms with E-state index in [1.807, 2.05) is 18.2 Å². The highest BCUT2D eigenvalue weighted by Gasteiger charge is 2.32. The molecule has 1 unspecified atom stereocenters. The highest BCUT2D eigenvalue weighted by atomic mass is 35.5. The Morgan fingerprint density at radius 3 is 3.11 bits per heavy atom. The minimum atomic E-state index is 0.451. The van der Waals surface area contributed by atoms with Gasteiger partial charge in [0.2, 0.25) is 0 Å². The number of nitrogens with zero attached hydrogens (tertiary/aromatic N) is 3. The highest BCUT2D eigenvalue weighted by Crippen LogP contribution is 2.35. The number of benzene rings is 1. The topological polar surface area (TPSA) is 38.2 Å². The summed E-state index contributed by atoms with van der Waals surface area (Å²) in [6, 6.07) is 6.03. The minimum absolute atomic E-state index is 0.451. The zero-order chi connectivity index (χ0) is 12.8. The van der Waals surface area contributed by atoms with Gasteiger partial charge in [-0.1, -0.05) is 11.6 Å². The Hall–Kier alpha value is -1.55. The van der Waals surface area contributed by atoms with Crippen LogP contribution in [-0.2, 0) is 0 Å². The molecule has 1 aromatic heterocycles. The van der Waals surface area contributed by atoms with Gasteiger partial charge in [0.15, 0.2) is 5.82 Å². The van der Waals surface area contributed by atoms with Crippen molar-refractivity contribution in [2.24, 2.45) is 0 Å². The lowest BCUT2D eigenvalue weighted by atomic mass is 10.0. The number of piperidine rings is 1. The lowest BCUT2D eigenvalue weighted by Crippen LogP contribution is -2.46. The van der Waals surface area contributed by atoms with Crippen molar-refractivity contribution in [3.05, 3.63) is 23.2 Å². The molecule has 0 saturated carbocycles. The van der Waals surface area contributed by atoms with Crippen LogP contribution >= 0.6 is 11.6 Å². The first-order valence-electron chi connectivity index (χ1n) is 6.68. The van der Waals surface area contributed by atoms with Gasteiger partial charge in [0.05, 0.1) is 17.1 Å². The quantitative estimate of drug-likeness (QED) is 0.741. The molecule has 4 nitrogen and oxygen atoms in total. The van der Waals surface area contributed by atoms with E-state index in [-0.39, 0.29) is 0 Å². The van der Waals surface area contributed by atoms with E-state index in [0.717, 1.165) is 30.0 Å². The average Bonchev–Trinajstić information content (AvgIpc) is 2.45. The summed E-state index contributed by atoms with van der Waals surface area (Å²) in [5.41, 5.74) is 1.67. The zero-order valence-corrected chi connectivity index (χ0v) is 11.2. The van der Waals surface area contributed by atoms with Crippen molar-refractivity contribution in [3.63, 3.8) is 0 Å². The number of halogens is 1. The monoisotopic (exact) mass is 275 g/mol. The molecule has 0 N–H and O–H groups in total. The van der Waals surface area contributed by atoms with Gasteiger partial charge in [-0.3, -0.25) is 0 Å². The number of aromatic nitrogens is 2. The first-order chi connectivity index (χ1) is 9.31. The van der Waals surface area contributed by atoms with Gasteiger partial charge in [0.1, 0.15) is 6.61 Å². The summed E-state index contributed by atoms with van der Waals surface area (Å²) in [6.45, 7) is 1.77. The van der Waals surface area contributed by atoms with E-state index in [2.05, 4.69) is 9.88 Å². The molecule has 0 radical (unpaired) electrons. The molecule has 0 bridgehead atoms. The van der Waals surface area contributed by atoms with Gasteiger partial charge < -0.3 is 9.64 Å². The van der Waals surface area contributed by atoms with Crippen molar-refractivity contribution in [1.29, 1.82) is 0 Å². The van der Waals surface area contributed by atoms with E-state index in [0.29, 0.717) is 16.9 Å². The fourth-order valence-corrected chi connectivity index (χ4v) is 3.08. The van der Waals surface area contributed by atoms with Crippen LogP contribution in [-0.4, -0.2) is 29.2 Å². The number of fused-ring (bicyclic) bond motifs is 4. The van der Waals surface area contributed by atoms with Crippen molar-refractivity contribution in [3.8, 4) is 5.88 Å². The SMILES string of the molecule is Clc1ccc2nc3c(nc2c1)N1CCCCC1CO3. The molecule has 4 rings (SSSR count). The van der Waals surface area contributed by atoms with Crippen molar-refractivity contribution < 1.29 is 4.74 Å². The summed E-state index contributed by atoms with van der Waals surface area (Å²) in [6.07, 6.45) is 3.66. The van der Waals surface area contributed by atoms with Gasteiger partial charge in [0, 0.05) is 11.6 Å². The normalized spacial score (nSPS) is 21.7. The maximum Gasteiger partial charge on any atom is 0.258 e. The molecule has 0 amide bonds. The van der Waals surface area contributed by atoms with Gasteiger partial charge in [-0.15, -0.1) is 0 Å². The third kappa shape index (κ3) is 1.82. The lowest BCUT2D eigenvalue weighted by molar-refractivity contribution is 0.230. The van der Waals surface area contributed by atoms with Crippen LogP contribution in [0.5, 0.6) is 5.88 Å². The third-order valence-corrected chi connectivity index (χ3v) is 4.12. The molecule has 1 aromatic carbocycles.